The Kier molecular flexibility index (Phi) is 3.69. The topological polar surface area (TPSA) is 50.4 Å². The van der Waals surface area contributed by atoms with E-state index in [1.807, 2.05) is 0 Å². The number of hydrogen-bond acceptors (Lipinski definition) is 4. The number of methoxy groups -OCH3 is 1. The Morgan fingerprint density at radius 2 is 2.15 bits per heavy atom. The Morgan fingerprint density at radius 1 is 1.46 bits per heavy atom. The van der Waals surface area contributed by atoms with Crippen molar-refractivity contribution in [2.75, 3.05) is 20.2 Å². The lowest BCUT2D eigenvalue weighted by Gasteiger charge is -2.32. The molecule has 2 atom stereocenters. The zero-order valence-electron chi connectivity index (χ0n) is 8.46. The molecular weight excluding hydrogens is 168 g/mol. The summed E-state index contributed by atoms with van der Waals surface area (Å²) in [5.41, 5.74) is 0. The average Bonchev–Trinajstić information content (AvgIpc) is 2.17. The van der Waals surface area contributed by atoms with E-state index in [1.54, 1.807) is 0 Å². The van der Waals surface area contributed by atoms with Crippen molar-refractivity contribution in [2.45, 2.75) is 25.9 Å². The maximum Gasteiger partial charge on any atom is 0.324 e. The van der Waals surface area contributed by atoms with E-state index in [0.29, 0.717) is 18.5 Å². The number of esters is 1. The Hall–Kier alpha value is -0.610. The van der Waals surface area contributed by atoms with E-state index in [4.69, 9.17) is 0 Å². The maximum absolute atomic E-state index is 11.2. The number of piperazine rings is 1. The largest absolute Gasteiger partial charge is 0.468 e. The molecule has 0 unspecified atom stereocenters. The molecule has 76 valence electrons. The number of carbonyl (C=O) groups is 1. The SMILES string of the molecule is COC(=O)[C@@H]1CNC[C@@H](C(C)C)N1. The van der Waals surface area contributed by atoms with Crippen LogP contribution in [0.3, 0.4) is 0 Å². The Labute approximate surface area is 79.0 Å². The van der Waals surface area contributed by atoms with E-state index >= 15 is 0 Å². The van der Waals surface area contributed by atoms with Crippen LogP contribution in [0, 0.1) is 5.92 Å². The van der Waals surface area contributed by atoms with E-state index in [9.17, 15) is 4.79 Å². The van der Waals surface area contributed by atoms with Crippen LogP contribution in [-0.4, -0.2) is 38.3 Å². The van der Waals surface area contributed by atoms with E-state index < -0.39 is 0 Å². The molecule has 0 aromatic rings. The second kappa shape index (κ2) is 4.58. The molecule has 0 aromatic carbocycles. The lowest BCUT2D eigenvalue weighted by molar-refractivity contribution is -0.143. The van der Waals surface area contributed by atoms with Gasteiger partial charge in [0.05, 0.1) is 7.11 Å². The molecule has 2 N–H and O–H groups in total. The Bertz CT molecular complexity index is 182. The van der Waals surface area contributed by atoms with Gasteiger partial charge in [-0.25, -0.2) is 0 Å². The smallest absolute Gasteiger partial charge is 0.324 e. The maximum atomic E-state index is 11.2. The van der Waals surface area contributed by atoms with Crippen LogP contribution in [0.25, 0.3) is 0 Å². The van der Waals surface area contributed by atoms with Crippen molar-refractivity contribution in [1.29, 1.82) is 0 Å². The van der Waals surface area contributed by atoms with Gasteiger partial charge in [0.25, 0.3) is 0 Å². The number of ether oxygens (including phenoxy) is 1. The summed E-state index contributed by atoms with van der Waals surface area (Å²) in [6.45, 7) is 5.86. The van der Waals surface area contributed by atoms with Crippen molar-refractivity contribution >= 4 is 5.97 Å². The molecule has 4 nitrogen and oxygen atoms in total. The highest BCUT2D eigenvalue weighted by molar-refractivity contribution is 5.76. The molecule has 4 heteroatoms. The quantitative estimate of drug-likeness (QED) is 0.584. The first kappa shape index (κ1) is 10.5. The third kappa shape index (κ3) is 2.67. The molecule has 1 fully saturated rings. The summed E-state index contributed by atoms with van der Waals surface area (Å²) in [5, 5.41) is 6.48. The fourth-order valence-electron chi connectivity index (χ4n) is 1.48. The summed E-state index contributed by atoms with van der Waals surface area (Å²) in [6, 6.07) is 0.170. The molecule has 1 aliphatic heterocycles. The Morgan fingerprint density at radius 3 is 2.69 bits per heavy atom. The van der Waals surface area contributed by atoms with Crippen molar-refractivity contribution in [2.24, 2.45) is 5.92 Å². The van der Waals surface area contributed by atoms with Crippen LogP contribution in [0.1, 0.15) is 13.8 Å². The molecule has 0 saturated carbocycles. The summed E-state index contributed by atoms with van der Waals surface area (Å²) >= 11 is 0. The minimum absolute atomic E-state index is 0.183. The van der Waals surface area contributed by atoms with Crippen LogP contribution in [0.2, 0.25) is 0 Å². The van der Waals surface area contributed by atoms with E-state index in [-0.39, 0.29) is 12.0 Å². The summed E-state index contributed by atoms with van der Waals surface area (Å²) in [4.78, 5) is 11.2. The van der Waals surface area contributed by atoms with Crippen LogP contribution in [0.5, 0.6) is 0 Å². The lowest BCUT2D eigenvalue weighted by Crippen LogP contribution is -2.59. The third-order valence-electron chi connectivity index (χ3n) is 2.42. The van der Waals surface area contributed by atoms with Crippen molar-refractivity contribution in [3.63, 3.8) is 0 Å². The van der Waals surface area contributed by atoms with E-state index in [1.165, 1.54) is 7.11 Å². The summed E-state index contributed by atoms with van der Waals surface area (Å²) in [5.74, 6) is 0.345. The highest BCUT2D eigenvalue weighted by atomic mass is 16.5. The molecule has 0 aliphatic carbocycles. The lowest BCUT2D eigenvalue weighted by atomic mass is 10.0. The van der Waals surface area contributed by atoms with Gasteiger partial charge < -0.3 is 10.1 Å². The molecule has 1 rings (SSSR count). The van der Waals surface area contributed by atoms with Gasteiger partial charge in [-0.05, 0) is 5.92 Å². The first-order valence-corrected chi connectivity index (χ1v) is 4.69. The van der Waals surface area contributed by atoms with Gasteiger partial charge in [-0.2, -0.15) is 0 Å². The van der Waals surface area contributed by atoms with Gasteiger partial charge in [-0.3, -0.25) is 10.1 Å². The summed E-state index contributed by atoms with van der Waals surface area (Å²) in [6.07, 6.45) is 0. The van der Waals surface area contributed by atoms with Crippen LogP contribution >= 0.6 is 0 Å². The second-order valence-electron chi connectivity index (χ2n) is 3.75. The minimum atomic E-state index is -0.189. The van der Waals surface area contributed by atoms with Gasteiger partial charge in [0, 0.05) is 19.1 Å². The van der Waals surface area contributed by atoms with Gasteiger partial charge >= 0.3 is 5.97 Å². The summed E-state index contributed by atoms with van der Waals surface area (Å²) < 4.78 is 4.68. The van der Waals surface area contributed by atoms with Crippen LogP contribution in [0.4, 0.5) is 0 Å². The highest BCUT2D eigenvalue weighted by Crippen LogP contribution is 2.05. The van der Waals surface area contributed by atoms with Gasteiger partial charge in [-0.15, -0.1) is 0 Å². The first-order valence-electron chi connectivity index (χ1n) is 4.69. The summed E-state index contributed by atoms with van der Waals surface area (Å²) in [7, 11) is 1.42. The molecular formula is C9H18N2O2. The van der Waals surface area contributed by atoms with Crippen LogP contribution < -0.4 is 10.6 Å². The molecule has 1 heterocycles. The number of rotatable bonds is 2. The normalized spacial score (nSPS) is 28.9. The fraction of sp³-hybridized carbons (Fsp3) is 0.889. The Balaban J connectivity index is 2.46. The number of nitrogens with one attached hydrogen (secondary N) is 2. The average molecular weight is 186 g/mol. The monoisotopic (exact) mass is 186 g/mol. The van der Waals surface area contributed by atoms with Gasteiger partial charge in [-0.1, -0.05) is 13.8 Å². The number of hydrogen-bond donors (Lipinski definition) is 2. The van der Waals surface area contributed by atoms with Gasteiger partial charge in [0.2, 0.25) is 0 Å². The van der Waals surface area contributed by atoms with Crippen molar-refractivity contribution in [1.82, 2.24) is 10.6 Å². The molecule has 1 saturated heterocycles. The minimum Gasteiger partial charge on any atom is -0.468 e. The molecule has 0 aromatic heterocycles. The van der Waals surface area contributed by atoms with E-state index in [0.717, 1.165) is 6.54 Å². The van der Waals surface area contributed by atoms with Crippen molar-refractivity contribution < 1.29 is 9.53 Å². The first-order chi connectivity index (χ1) is 6.15. The fourth-order valence-corrected chi connectivity index (χ4v) is 1.48. The van der Waals surface area contributed by atoms with E-state index in [2.05, 4.69) is 29.2 Å². The molecule has 1 aliphatic rings. The third-order valence-corrected chi connectivity index (χ3v) is 2.42. The molecule has 0 radical (unpaired) electrons. The molecule has 0 spiro atoms. The standard InChI is InChI=1S/C9H18N2O2/c1-6(2)7-4-10-5-8(11-7)9(12)13-3/h6-8,10-11H,4-5H2,1-3H3/t7-,8-/m0/s1. The van der Waals surface area contributed by atoms with Gasteiger partial charge in [0.15, 0.2) is 0 Å². The predicted octanol–water partition coefficient (Wildman–Crippen LogP) is -0.255. The van der Waals surface area contributed by atoms with Crippen molar-refractivity contribution in [3.8, 4) is 0 Å². The van der Waals surface area contributed by atoms with Crippen LogP contribution in [0.15, 0.2) is 0 Å². The zero-order chi connectivity index (χ0) is 9.84. The number of carbonyl (C=O) groups excluding carboxylic acids is 1. The molecule has 0 amide bonds. The van der Waals surface area contributed by atoms with Gasteiger partial charge in [0.1, 0.15) is 6.04 Å². The highest BCUT2D eigenvalue weighted by Gasteiger charge is 2.27. The zero-order valence-corrected chi connectivity index (χ0v) is 8.46. The predicted molar refractivity (Wildman–Crippen MR) is 50.4 cm³/mol. The molecule has 13 heavy (non-hydrogen) atoms. The molecule has 0 bridgehead atoms. The second-order valence-corrected chi connectivity index (χ2v) is 3.75. The van der Waals surface area contributed by atoms with Crippen molar-refractivity contribution in [3.05, 3.63) is 0 Å². The van der Waals surface area contributed by atoms with Crippen LogP contribution in [-0.2, 0) is 9.53 Å².